The van der Waals surface area contributed by atoms with Crippen molar-refractivity contribution in [3.8, 4) is 17.2 Å². The number of esters is 1. The smallest absolute Gasteiger partial charge is 0.302 e. The van der Waals surface area contributed by atoms with Gasteiger partial charge in [-0.15, -0.1) is 0 Å². The first-order valence-electron chi connectivity index (χ1n) is 13.5. The molecule has 9 nitrogen and oxygen atoms in total. The quantitative estimate of drug-likeness (QED) is 0.172. The van der Waals surface area contributed by atoms with Gasteiger partial charge in [0.1, 0.15) is 29.6 Å². The normalized spacial score (nSPS) is 12.7. The minimum atomic E-state index is -0.512. The summed E-state index contributed by atoms with van der Waals surface area (Å²) in [7, 11) is 1.63. The summed E-state index contributed by atoms with van der Waals surface area (Å²) in [6.45, 7) is 1.89. The number of ether oxygens (including phenoxy) is 4. The van der Waals surface area contributed by atoms with E-state index in [4.69, 9.17) is 18.9 Å². The minimum Gasteiger partial charge on any atom is -0.497 e. The van der Waals surface area contributed by atoms with E-state index in [1.54, 1.807) is 37.5 Å². The highest BCUT2D eigenvalue weighted by atomic mass is 16.5. The maximum atomic E-state index is 13.0. The summed E-state index contributed by atoms with van der Waals surface area (Å²) in [6.07, 6.45) is 4.70. The lowest BCUT2D eigenvalue weighted by molar-refractivity contribution is -0.141. The van der Waals surface area contributed by atoms with Crippen molar-refractivity contribution in [3.63, 3.8) is 0 Å². The van der Waals surface area contributed by atoms with Gasteiger partial charge >= 0.3 is 5.97 Å². The van der Waals surface area contributed by atoms with Crippen LogP contribution in [0.1, 0.15) is 41.3 Å². The molecule has 2 N–H and O–H groups in total. The van der Waals surface area contributed by atoms with Crippen LogP contribution in [0.15, 0.2) is 78.5 Å². The van der Waals surface area contributed by atoms with Gasteiger partial charge in [-0.25, -0.2) is 0 Å². The van der Waals surface area contributed by atoms with Crippen LogP contribution in [-0.4, -0.2) is 50.8 Å². The summed E-state index contributed by atoms with van der Waals surface area (Å²) in [5.41, 5.74) is 2.24. The molecular formula is C32H34N2O7. The van der Waals surface area contributed by atoms with Crippen LogP contribution >= 0.6 is 0 Å². The van der Waals surface area contributed by atoms with Crippen LogP contribution in [-0.2, 0) is 20.7 Å². The Morgan fingerprint density at radius 3 is 2.15 bits per heavy atom. The van der Waals surface area contributed by atoms with Crippen LogP contribution in [0.2, 0.25) is 0 Å². The third-order valence-corrected chi connectivity index (χ3v) is 6.14. The van der Waals surface area contributed by atoms with Crippen molar-refractivity contribution in [2.45, 2.75) is 32.3 Å². The van der Waals surface area contributed by atoms with E-state index in [1.807, 2.05) is 48.5 Å². The molecule has 0 heterocycles. The first-order valence-corrected chi connectivity index (χ1v) is 13.5. The lowest BCUT2D eigenvalue weighted by Crippen LogP contribution is -2.36. The van der Waals surface area contributed by atoms with Crippen molar-refractivity contribution in [1.29, 1.82) is 0 Å². The van der Waals surface area contributed by atoms with Gasteiger partial charge in [-0.1, -0.05) is 24.3 Å². The Labute approximate surface area is 239 Å². The monoisotopic (exact) mass is 558 g/mol. The van der Waals surface area contributed by atoms with Gasteiger partial charge in [0.2, 0.25) is 0 Å². The molecule has 214 valence electrons. The molecule has 0 unspecified atom stereocenters. The largest absolute Gasteiger partial charge is 0.497 e. The van der Waals surface area contributed by atoms with Gasteiger partial charge in [0.05, 0.1) is 26.4 Å². The lowest BCUT2D eigenvalue weighted by atomic mass is 10.1. The molecule has 1 fully saturated rings. The third kappa shape index (κ3) is 9.72. The summed E-state index contributed by atoms with van der Waals surface area (Å²) in [6, 6.07) is 21.8. The fourth-order valence-corrected chi connectivity index (χ4v) is 3.78. The van der Waals surface area contributed by atoms with Gasteiger partial charge in [0, 0.05) is 18.9 Å². The zero-order valence-corrected chi connectivity index (χ0v) is 23.2. The van der Waals surface area contributed by atoms with Crippen LogP contribution in [0.4, 0.5) is 0 Å². The zero-order chi connectivity index (χ0) is 29.0. The summed E-state index contributed by atoms with van der Waals surface area (Å²) < 4.78 is 21.7. The van der Waals surface area contributed by atoms with Crippen molar-refractivity contribution >= 4 is 23.9 Å². The molecule has 3 aromatic carbocycles. The Morgan fingerprint density at radius 1 is 0.854 bits per heavy atom. The van der Waals surface area contributed by atoms with Gasteiger partial charge in [-0.2, -0.15) is 0 Å². The van der Waals surface area contributed by atoms with E-state index >= 15 is 0 Å². The van der Waals surface area contributed by atoms with Gasteiger partial charge < -0.3 is 29.6 Å². The Kier molecular flexibility index (Phi) is 10.4. The second kappa shape index (κ2) is 14.6. The molecule has 0 saturated heterocycles. The van der Waals surface area contributed by atoms with Crippen molar-refractivity contribution in [2.24, 2.45) is 0 Å². The Hall–Kier alpha value is -4.79. The van der Waals surface area contributed by atoms with E-state index in [0.717, 1.165) is 36.3 Å². The number of carbonyl (C=O) groups excluding carboxylic acids is 3. The van der Waals surface area contributed by atoms with E-state index < -0.39 is 17.8 Å². The number of benzene rings is 3. The summed E-state index contributed by atoms with van der Waals surface area (Å²) >= 11 is 0. The molecule has 1 aliphatic rings. The Bertz CT molecular complexity index is 1350. The molecule has 4 rings (SSSR count). The first kappa shape index (κ1) is 29.2. The number of carbonyl (C=O) groups is 3. The molecule has 3 aromatic rings. The van der Waals surface area contributed by atoms with Gasteiger partial charge in [0.15, 0.2) is 0 Å². The lowest BCUT2D eigenvalue weighted by Gasteiger charge is -2.12. The Balaban J connectivity index is 1.36. The van der Waals surface area contributed by atoms with Crippen LogP contribution in [0.5, 0.6) is 17.2 Å². The van der Waals surface area contributed by atoms with Gasteiger partial charge in [-0.3, -0.25) is 14.4 Å². The van der Waals surface area contributed by atoms with E-state index in [2.05, 4.69) is 10.6 Å². The van der Waals surface area contributed by atoms with E-state index in [0.29, 0.717) is 23.5 Å². The predicted molar refractivity (Wildman–Crippen MR) is 154 cm³/mol. The standard InChI is InChI=1S/C32H34N2O7/c1-22(35)39-20-18-33-32(37)30(21-24-5-11-28(12-6-24)41-29-15-16-29)34-31(36)25-7-13-27(14-8-25)40-19-17-23-3-9-26(38-2)10-4-23/h3-14,21,29H,15-20H2,1-2H3,(H,33,37)(H,34,36)/b30-21-. The first-order chi connectivity index (χ1) is 19.9. The summed E-state index contributed by atoms with van der Waals surface area (Å²) in [5.74, 6) is 0.782. The number of hydrogen-bond donors (Lipinski definition) is 2. The number of hydrogen-bond acceptors (Lipinski definition) is 7. The third-order valence-electron chi connectivity index (χ3n) is 6.14. The molecule has 0 bridgehead atoms. The van der Waals surface area contributed by atoms with Crippen molar-refractivity contribution < 1.29 is 33.3 Å². The molecule has 2 amide bonds. The molecule has 1 aliphatic carbocycles. The van der Waals surface area contributed by atoms with Gasteiger partial charge in [-0.05, 0) is 78.6 Å². The number of methoxy groups -OCH3 is 1. The predicted octanol–water partition coefficient (Wildman–Crippen LogP) is 4.31. The molecule has 41 heavy (non-hydrogen) atoms. The fraction of sp³-hybridized carbons (Fsp3) is 0.281. The second-order valence-electron chi connectivity index (χ2n) is 9.47. The summed E-state index contributed by atoms with van der Waals surface area (Å²) in [4.78, 5) is 37.0. The average molecular weight is 559 g/mol. The highest BCUT2D eigenvalue weighted by Crippen LogP contribution is 2.27. The Morgan fingerprint density at radius 2 is 1.51 bits per heavy atom. The SMILES string of the molecule is COc1ccc(CCOc2ccc(C(=O)N/C(=C\c3ccc(OC4CC4)cc3)C(=O)NCCOC(C)=O)cc2)cc1. The number of nitrogens with one attached hydrogen (secondary N) is 2. The number of amides is 2. The van der Waals surface area contributed by atoms with Gasteiger partial charge in [0.25, 0.3) is 11.8 Å². The molecule has 0 aromatic heterocycles. The van der Waals surface area contributed by atoms with Crippen molar-refractivity contribution in [1.82, 2.24) is 10.6 Å². The molecule has 0 aliphatic heterocycles. The average Bonchev–Trinajstić information content (AvgIpc) is 3.80. The molecule has 0 atom stereocenters. The topological polar surface area (TPSA) is 112 Å². The van der Waals surface area contributed by atoms with Crippen LogP contribution in [0.25, 0.3) is 6.08 Å². The van der Waals surface area contributed by atoms with Crippen LogP contribution in [0, 0.1) is 0 Å². The van der Waals surface area contributed by atoms with Crippen LogP contribution in [0.3, 0.4) is 0 Å². The van der Waals surface area contributed by atoms with E-state index in [9.17, 15) is 14.4 Å². The second-order valence-corrected chi connectivity index (χ2v) is 9.47. The van der Waals surface area contributed by atoms with Crippen molar-refractivity contribution in [2.75, 3.05) is 26.9 Å². The molecular weight excluding hydrogens is 524 g/mol. The summed E-state index contributed by atoms with van der Waals surface area (Å²) in [5, 5.41) is 5.36. The molecule has 9 heteroatoms. The van der Waals surface area contributed by atoms with E-state index in [-0.39, 0.29) is 25.0 Å². The molecule has 0 radical (unpaired) electrons. The maximum Gasteiger partial charge on any atom is 0.302 e. The van der Waals surface area contributed by atoms with E-state index in [1.165, 1.54) is 6.92 Å². The fourth-order valence-electron chi connectivity index (χ4n) is 3.78. The highest BCUT2D eigenvalue weighted by molar-refractivity contribution is 6.05. The van der Waals surface area contributed by atoms with Crippen molar-refractivity contribution in [3.05, 3.63) is 95.2 Å². The highest BCUT2D eigenvalue weighted by Gasteiger charge is 2.23. The van der Waals surface area contributed by atoms with Crippen LogP contribution < -0.4 is 24.8 Å². The maximum absolute atomic E-state index is 13.0. The number of rotatable bonds is 14. The molecule has 0 spiro atoms. The minimum absolute atomic E-state index is 0.0232. The zero-order valence-electron chi connectivity index (χ0n) is 23.2. The molecule has 1 saturated carbocycles.